The Morgan fingerprint density at radius 3 is 2.67 bits per heavy atom. The van der Waals surface area contributed by atoms with Gasteiger partial charge in [-0.15, -0.1) is 0 Å². The lowest BCUT2D eigenvalue weighted by molar-refractivity contribution is -0.534. The zero-order valence-electron chi connectivity index (χ0n) is 7.62. The first kappa shape index (κ1) is 9.45. The van der Waals surface area contributed by atoms with Crippen LogP contribution in [-0.4, -0.2) is 24.1 Å². The molecule has 1 aliphatic rings. The number of nitro groups is 1. The SMILES string of the molecule is CC(C)[C@H]1CCNC[C@@H]1[N+](=O)[O-]. The molecule has 0 unspecified atom stereocenters. The summed E-state index contributed by atoms with van der Waals surface area (Å²) in [6.07, 6.45) is 0.934. The number of piperidine rings is 1. The molecule has 1 heterocycles. The molecule has 1 rings (SSSR count). The number of nitrogens with one attached hydrogen (secondary N) is 1. The van der Waals surface area contributed by atoms with E-state index in [-0.39, 0.29) is 16.9 Å². The molecule has 0 aromatic carbocycles. The summed E-state index contributed by atoms with van der Waals surface area (Å²) in [5.74, 6) is 0.670. The summed E-state index contributed by atoms with van der Waals surface area (Å²) in [7, 11) is 0. The first-order chi connectivity index (χ1) is 5.63. The van der Waals surface area contributed by atoms with Gasteiger partial charge >= 0.3 is 0 Å². The van der Waals surface area contributed by atoms with Gasteiger partial charge in [0.05, 0.1) is 6.54 Å². The quantitative estimate of drug-likeness (QED) is 0.497. The average molecular weight is 172 g/mol. The van der Waals surface area contributed by atoms with Crippen LogP contribution in [0.25, 0.3) is 0 Å². The van der Waals surface area contributed by atoms with Gasteiger partial charge in [-0.3, -0.25) is 10.1 Å². The van der Waals surface area contributed by atoms with Crippen molar-refractivity contribution in [2.75, 3.05) is 13.1 Å². The maximum Gasteiger partial charge on any atom is 0.228 e. The summed E-state index contributed by atoms with van der Waals surface area (Å²) < 4.78 is 0. The van der Waals surface area contributed by atoms with Crippen molar-refractivity contribution in [1.29, 1.82) is 0 Å². The Morgan fingerprint density at radius 2 is 2.25 bits per heavy atom. The molecule has 1 fully saturated rings. The second kappa shape index (κ2) is 3.85. The van der Waals surface area contributed by atoms with E-state index in [1.807, 2.05) is 0 Å². The van der Waals surface area contributed by atoms with Crippen LogP contribution in [-0.2, 0) is 0 Å². The predicted molar refractivity (Wildman–Crippen MR) is 46.6 cm³/mol. The summed E-state index contributed by atoms with van der Waals surface area (Å²) in [5.41, 5.74) is 0. The van der Waals surface area contributed by atoms with Crippen molar-refractivity contribution in [2.45, 2.75) is 26.3 Å². The lowest BCUT2D eigenvalue weighted by Gasteiger charge is -2.28. The first-order valence-corrected chi connectivity index (χ1v) is 4.47. The van der Waals surface area contributed by atoms with Crippen LogP contribution < -0.4 is 5.32 Å². The fraction of sp³-hybridized carbons (Fsp3) is 1.00. The van der Waals surface area contributed by atoms with Crippen LogP contribution in [0.3, 0.4) is 0 Å². The molecular weight excluding hydrogens is 156 g/mol. The highest BCUT2D eigenvalue weighted by Gasteiger charge is 2.35. The van der Waals surface area contributed by atoms with E-state index in [0.717, 1.165) is 13.0 Å². The van der Waals surface area contributed by atoms with Gasteiger partial charge in [0.25, 0.3) is 0 Å². The largest absolute Gasteiger partial charge is 0.310 e. The van der Waals surface area contributed by atoms with Gasteiger partial charge in [-0.05, 0) is 18.9 Å². The second-order valence-corrected chi connectivity index (χ2v) is 3.75. The smallest absolute Gasteiger partial charge is 0.228 e. The van der Waals surface area contributed by atoms with E-state index < -0.39 is 0 Å². The van der Waals surface area contributed by atoms with Gasteiger partial charge in [-0.1, -0.05) is 13.8 Å². The van der Waals surface area contributed by atoms with Gasteiger partial charge < -0.3 is 5.32 Å². The van der Waals surface area contributed by atoms with Gasteiger partial charge in [0.2, 0.25) is 6.04 Å². The molecule has 4 heteroatoms. The Bertz CT molecular complexity index is 170. The topological polar surface area (TPSA) is 55.2 Å². The summed E-state index contributed by atoms with van der Waals surface area (Å²) in [6.45, 7) is 5.59. The highest BCUT2D eigenvalue weighted by Crippen LogP contribution is 2.23. The van der Waals surface area contributed by atoms with Crippen LogP contribution in [0.4, 0.5) is 0 Å². The molecule has 4 nitrogen and oxygen atoms in total. The maximum absolute atomic E-state index is 10.6. The maximum atomic E-state index is 10.6. The van der Waals surface area contributed by atoms with Crippen molar-refractivity contribution < 1.29 is 4.92 Å². The molecule has 12 heavy (non-hydrogen) atoms. The minimum absolute atomic E-state index is 0.142. The Kier molecular flexibility index (Phi) is 3.03. The molecule has 0 radical (unpaired) electrons. The van der Waals surface area contributed by atoms with Crippen LogP contribution in [0.15, 0.2) is 0 Å². The third kappa shape index (κ3) is 1.94. The van der Waals surface area contributed by atoms with E-state index in [1.54, 1.807) is 0 Å². The third-order valence-corrected chi connectivity index (χ3v) is 2.63. The molecule has 0 aliphatic carbocycles. The lowest BCUT2D eigenvalue weighted by Crippen LogP contribution is -2.46. The van der Waals surface area contributed by atoms with Crippen molar-refractivity contribution in [2.24, 2.45) is 11.8 Å². The predicted octanol–water partition coefficient (Wildman–Crippen LogP) is 0.897. The number of rotatable bonds is 2. The van der Waals surface area contributed by atoms with Crippen molar-refractivity contribution >= 4 is 0 Å². The van der Waals surface area contributed by atoms with Crippen LogP contribution >= 0.6 is 0 Å². The van der Waals surface area contributed by atoms with Crippen molar-refractivity contribution in [3.63, 3.8) is 0 Å². The lowest BCUT2D eigenvalue weighted by atomic mass is 9.84. The van der Waals surface area contributed by atoms with Gasteiger partial charge in [-0.2, -0.15) is 0 Å². The minimum atomic E-state index is -0.376. The van der Waals surface area contributed by atoms with Gasteiger partial charge in [0, 0.05) is 10.8 Å². The van der Waals surface area contributed by atoms with Crippen LogP contribution in [0, 0.1) is 22.0 Å². The molecule has 1 aliphatic heterocycles. The molecule has 1 N–H and O–H groups in total. The van der Waals surface area contributed by atoms with E-state index in [2.05, 4.69) is 19.2 Å². The zero-order valence-corrected chi connectivity index (χ0v) is 7.62. The molecule has 2 atom stereocenters. The van der Waals surface area contributed by atoms with E-state index in [0.29, 0.717) is 12.5 Å². The van der Waals surface area contributed by atoms with E-state index in [9.17, 15) is 10.1 Å². The van der Waals surface area contributed by atoms with Crippen molar-refractivity contribution in [3.8, 4) is 0 Å². The summed E-state index contributed by atoms with van der Waals surface area (Å²) >= 11 is 0. The summed E-state index contributed by atoms with van der Waals surface area (Å²) in [5, 5.41) is 13.7. The van der Waals surface area contributed by atoms with Crippen LogP contribution in [0.1, 0.15) is 20.3 Å². The van der Waals surface area contributed by atoms with E-state index in [1.165, 1.54) is 0 Å². The minimum Gasteiger partial charge on any atom is -0.310 e. The molecule has 0 aromatic rings. The van der Waals surface area contributed by atoms with Crippen LogP contribution in [0.2, 0.25) is 0 Å². The normalized spacial score (nSPS) is 30.6. The monoisotopic (exact) mass is 172 g/mol. The number of hydrogen-bond acceptors (Lipinski definition) is 3. The molecule has 0 aromatic heterocycles. The Hall–Kier alpha value is -0.640. The van der Waals surface area contributed by atoms with E-state index >= 15 is 0 Å². The molecule has 70 valence electrons. The van der Waals surface area contributed by atoms with E-state index in [4.69, 9.17) is 0 Å². The number of nitrogens with zero attached hydrogens (tertiary/aromatic N) is 1. The Labute approximate surface area is 72.5 Å². The van der Waals surface area contributed by atoms with Gasteiger partial charge in [0.1, 0.15) is 0 Å². The number of hydrogen-bond donors (Lipinski definition) is 1. The van der Waals surface area contributed by atoms with Crippen LogP contribution in [0.5, 0.6) is 0 Å². The van der Waals surface area contributed by atoms with Crippen molar-refractivity contribution in [3.05, 3.63) is 10.1 Å². The second-order valence-electron chi connectivity index (χ2n) is 3.75. The summed E-state index contributed by atoms with van der Waals surface area (Å²) in [6, 6.07) is -0.376. The highest BCUT2D eigenvalue weighted by molar-refractivity contribution is 4.79. The molecule has 1 saturated heterocycles. The average Bonchev–Trinajstić information content (AvgIpc) is 2.04. The fourth-order valence-electron chi connectivity index (χ4n) is 1.87. The third-order valence-electron chi connectivity index (χ3n) is 2.63. The molecule has 0 amide bonds. The van der Waals surface area contributed by atoms with Crippen molar-refractivity contribution in [1.82, 2.24) is 5.32 Å². The molecule has 0 spiro atoms. The zero-order chi connectivity index (χ0) is 9.14. The fourth-order valence-corrected chi connectivity index (χ4v) is 1.87. The van der Waals surface area contributed by atoms with Gasteiger partial charge in [-0.25, -0.2) is 0 Å². The van der Waals surface area contributed by atoms with Gasteiger partial charge in [0.15, 0.2) is 0 Å². The Morgan fingerprint density at radius 1 is 1.58 bits per heavy atom. The Balaban J connectivity index is 2.60. The summed E-state index contributed by atoms with van der Waals surface area (Å²) in [4.78, 5) is 10.5. The molecular formula is C8H16N2O2. The standard InChI is InChI=1S/C8H16N2O2/c1-6(2)7-3-4-9-5-8(7)10(11)12/h6-9H,3-5H2,1-2H3/t7-,8+/m1/s1. The highest BCUT2D eigenvalue weighted by atomic mass is 16.6. The first-order valence-electron chi connectivity index (χ1n) is 4.47. The molecule has 0 bridgehead atoms. The molecule has 0 saturated carbocycles.